The number of hydrogen-bond donors (Lipinski definition) is 0. The van der Waals surface area contributed by atoms with Crippen LogP contribution in [0.3, 0.4) is 0 Å². The first-order valence-corrected chi connectivity index (χ1v) is 12.1. The van der Waals surface area contributed by atoms with Crippen molar-refractivity contribution < 1.29 is 19.0 Å². The standard InChI is InChI=1S/C26H46O4/c1-5-6-7-8-9-10-11-12-13-14-15-16-17-18-19-20-24(27)28-21-26(4)22-29-25(2,3)30-23-26/h9-10,12-13H,5-8,11,14-23H2,1-4H3/b10-9-,13-12-. The van der Waals surface area contributed by atoms with Crippen molar-refractivity contribution in [3.05, 3.63) is 24.3 Å². The van der Waals surface area contributed by atoms with Gasteiger partial charge in [-0.25, -0.2) is 0 Å². The van der Waals surface area contributed by atoms with Crippen LogP contribution >= 0.6 is 0 Å². The van der Waals surface area contributed by atoms with Crippen molar-refractivity contribution in [1.82, 2.24) is 0 Å². The molecule has 4 heteroatoms. The third kappa shape index (κ3) is 14.0. The SMILES string of the molecule is CCCCC/C=C\C/C=C\CCCCCCCC(=O)OCC1(C)COC(C)(C)OC1. The van der Waals surface area contributed by atoms with Gasteiger partial charge in [-0.05, 0) is 52.4 Å². The second kappa shape index (κ2) is 15.6. The molecule has 0 N–H and O–H groups in total. The van der Waals surface area contributed by atoms with Crippen LogP contribution < -0.4 is 0 Å². The van der Waals surface area contributed by atoms with Crippen LogP contribution in [-0.2, 0) is 19.0 Å². The van der Waals surface area contributed by atoms with E-state index < -0.39 is 5.79 Å². The zero-order chi connectivity index (χ0) is 22.1. The Bertz CT molecular complexity index is 497. The molecule has 0 aromatic rings. The molecule has 1 fully saturated rings. The summed E-state index contributed by atoms with van der Waals surface area (Å²) < 4.78 is 16.8. The Labute approximate surface area is 185 Å². The van der Waals surface area contributed by atoms with Gasteiger partial charge in [0.05, 0.1) is 13.2 Å². The molecular weight excluding hydrogens is 376 g/mol. The molecule has 0 radical (unpaired) electrons. The summed E-state index contributed by atoms with van der Waals surface area (Å²) in [5, 5.41) is 0. The number of rotatable bonds is 16. The average Bonchev–Trinajstić information content (AvgIpc) is 2.72. The molecule has 0 bridgehead atoms. The van der Waals surface area contributed by atoms with Gasteiger partial charge in [0.25, 0.3) is 0 Å². The highest BCUT2D eigenvalue weighted by molar-refractivity contribution is 5.69. The Hall–Kier alpha value is -1.13. The first kappa shape index (κ1) is 26.9. The quantitative estimate of drug-likeness (QED) is 0.151. The molecule has 174 valence electrons. The molecular formula is C26H46O4. The highest BCUT2D eigenvalue weighted by Gasteiger charge is 2.37. The Morgan fingerprint density at radius 3 is 2.03 bits per heavy atom. The molecule has 1 aliphatic heterocycles. The first-order valence-electron chi connectivity index (χ1n) is 12.1. The van der Waals surface area contributed by atoms with Crippen LogP contribution in [0.15, 0.2) is 24.3 Å². The summed E-state index contributed by atoms with van der Waals surface area (Å²) in [6.07, 6.45) is 22.7. The van der Waals surface area contributed by atoms with Crippen molar-refractivity contribution in [2.75, 3.05) is 19.8 Å². The van der Waals surface area contributed by atoms with Gasteiger partial charge in [0.15, 0.2) is 5.79 Å². The maximum atomic E-state index is 12.0. The van der Waals surface area contributed by atoms with Gasteiger partial charge in [0.1, 0.15) is 6.61 Å². The molecule has 0 aromatic carbocycles. The van der Waals surface area contributed by atoms with Gasteiger partial charge in [0.2, 0.25) is 0 Å². The van der Waals surface area contributed by atoms with E-state index in [1.807, 2.05) is 20.8 Å². The Balaban J connectivity index is 1.92. The number of unbranched alkanes of at least 4 members (excludes halogenated alkanes) is 8. The average molecular weight is 423 g/mol. The topological polar surface area (TPSA) is 44.8 Å². The second-order valence-electron chi connectivity index (χ2n) is 9.43. The highest BCUT2D eigenvalue weighted by Crippen LogP contribution is 2.29. The van der Waals surface area contributed by atoms with E-state index in [1.54, 1.807) is 0 Å². The number of ether oxygens (including phenoxy) is 3. The summed E-state index contributed by atoms with van der Waals surface area (Å²) in [7, 11) is 0. The van der Waals surface area contributed by atoms with Crippen molar-refractivity contribution in [2.24, 2.45) is 5.41 Å². The van der Waals surface area contributed by atoms with Crippen LogP contribution in [0.25, 0.3) is 0 Å². The van der Waals surface area contributed by atoms with E-state index in [0.29, 0.717) is 26.2 Å². The van der Waals surface area contributed by atoms with Crippen molar-refractivity contribution in [1.29, 1.82) is 0 Å². The van der Waals surface area contributed by atoms with Gasteiger partial charge < -0.3 is 14.2 Å². The van der Waals surface area contributed by atoms with E-state index in [-0.39, 0.29) is 11.4 Å². The Morgan fingerprint density at radius 1 is 0.833 bits per heavy atom. The minimum Gasteiger partial charge on any atom is -0.465 e. The van der Waals surface area contributed by atoms with Crippen LogP contribution in [0, 0.1) is 5.41 Å². The minimum absolute atomic E-state index is 0.105. The molecule has 0 aliphatic carbocycles. The van der Waals surface area contributed by atoms with Crippen LogP contribution in [0.1, 0.15) is 105 Å². The minimum atomic E-state index is -0.537. The molecule has 1 rings (SSSR count). The number of allylic oxidation sites excluding steroid dienone is 4. The lowest BCUT2D eigenvalue weighted by Crippen LogP contribution is -2.47. The van der Waals surface area contributed by atoms with Gasteiger partial charge >= 0.3 is 5.97 Å². The third-order valence-electron chi connectivity index (χ3n) is 5.45. The van der Waals surface area contributed by atoms with Crippen LogP contribution in [0.2, 0.25) is 0 Å². The van der Waals surface area contributed by atoms with E-state index in [0.717, 1.165) is 25.7 Å². The van der Waals surface area contributed by atoms with Crippen molar-refractivity contribution >= 4 is 5.97 Å². The molecule has 0 saturated carbocycles. The normalized spacial score (nSPS) is 18.3. The lowest BCUT2D eigenvalue weighted by atomic mass is 9.93. The summed E-state index contributed by atoms with van der Waals surface area (Å²) in [6.45, 7) is 9.56. The van der Waals surface area contributed by atoms with Crippen molar-refractivity contribution in [3.8, 4) is 0 Å². The van der Waals surface area contributed by atoms with Gasteiger partial charge in [-0.15, -0.1) is 0 Å². The smallest absolute Gasteiger partial charge is 0.305 e. The molecule has 30 heavy (non-hydrogen) atoms. The zero-order valence-electron chi connectivity index (χ0n) is 20.0. The van der Waals surface area contributed by atoms with Crippen LogP contribution in [0.4, 0.5) is 0 Å². The summed E-state index contributed by atoms with van der Waals surface area (Å²) >= 11 is 0. The van der Waals surface area contributed by atoms with Crippen LogP contribution in [0.5, 0.6) is 0 Å². The maximum absolute atomic E-state index is 12.0. The molecule has 0 unspecified atom stereocenters. The highest BCUT2D eigenvalue weighted by atomic mass is 16.7. The zero-order valence-corrected chi connectivity index (χ0v) is 20.0. The molecule has 1 saturated heterocycles. The maximum Gasteiger partial charge on any atom is 0.305 e. The molecule has 0 aromatic heterocycles. The van der Waals surface area contributed by atoms with Gasteiger partial charge in [-0.3, -0.25) is 4.79 Å². The summed E-state index contributed by atoms with van der Waals surface area (Å²) in [5.74, 6) is -0.642. The Kier molecular flexibility index (Phi) is 14.0. The largest absolute Gasteiger partial charge is 0.465 e. The van der Waals surface area contributed by atoms with E-state index in [1.165, 1.54) is 44.9 Å². The van der Waals surface area contributed by atoms with E-state index >= 15 is 0 Å². The van der Waals surface area contributed by atoms with Gasteiger partial charge in [-0.1, -0.05) is 70.3 Å². The fourth-order valence-electron chi connectivity index (χ4n) is 3.27. The van der Waals surface area contributed by atoms with Crippen LogP contribution in [-0.4, -0.2) is 31.6 Å². The van der Waals surface area contributed by atoms with Crippen molar-refractivity contribution in [2.45, 2.75) is 111 Å². The number of carbonyl (C=O) groups is 1. The van der Waals surface area contributed by atoms with Crippen molar-refractivity contribution in [3.63, 3.8) is 0 Å². The summed E-state index contributed by atoms with van der Waals surface area (Å²) in [6, 6.07) is 0. The van der Waals surface area contributed by atoms with E-state index in [4.69, 9.17) is 14.2 Å². The van der Waals surface area contributed by atoms with Gasteiger partial charge in [0, 0.05) is 11.8 Å². The number of esters is 1. The molecule has 0 amide bonds. The molecule has 0 spiro atoms. The van der Waals surface area contributed by atoms with E-state index in [2.05, 4.69) is 31.2 Å². The monoisotopic (exact) mass is 422 g/mol. The number of hydrogen-bond acceptors (Lipinski definition) is 4. The van der Waals surface area contributed by atoms with Gasteiger partial charge in [-0.2, -0.15) is 0 Å². The summed E-state index contributed by atoms with van der Waals surface area (Å²) in [5.41, 5.74) is -0.246. The lowest BCUT2D eigenvalue weighted by molar-refractivity contribution is -0.287. The number of carbonyl (C=O) groups excluding carboxylic acids is 1. The molecule has 1 heterocycles. The Morgan fingerprint density at radius 2 is 1.40 bits per heavy atom. The molecule has 0 atom stereocenters. The first-order chi connectivity index (χ1) is 14.4. The third-order valence-corrected chi connectivity index (χ3v) is 5.45. The molecule has 4 nitrogen and oxygen atoms in total. The predicted molar refractivity (Wildman–Crippen MR) is 124 cm³/mol. The second-order valence-corrected chi connectivity index (χ2v) is 9.43. The fraction of sp³-hybridized carbons (Fsp3) is 0.808. The molecule has 1 aliphatic rings. The lowest BCUT2D eigenvalue weighted by Gasteiger charge is -2.40. The van der Waals surface area contributed by atoms with E-state index in [9.17, 15) is 4.79 Å². The fourth-order valence-corrected chi connectivity index (χ4v) is 3.27. The predicted octanol–water partition coefficient (Wildman–Crippen LogP) is 7.13. The summed E-state index contributed by atoms with van der Waals surface area (Å²) in [4.78, 5) is 12.0.